The lowest BCUT2D eigenvalue weighted by Crippen LogP contribution is -2.02. The van der Waals surface area contributed by atoms with Gasteiger partial charge in [0.05, 0.1) is 13.2 Å². The summed E-state index contributed by atoms with van der Waals surface area (Å²) in [4.78, 5) is 0. The van der Waals surface area contributed by atoms with Crippen molar-refractivity contribution < 1.29 is 9.84 Å². The summed E-state index contributed by atoms with van der Waals surface area (Å²) in [6.07, 6.45) is -0.0236. The number of hydrogen-bond acceptors (Lipinski definition) is 2. The van der Waals surface area contributed by atoms with E-state index in [-0.39, 0.29) is 0 Å². The lowest BCUT2D eigenvalue weighted by atomic mass is 10.0. The Morgan fingerprint density at radius 2 is 1.89 bits per heavy atom. The van der Waals surface area contributed by atoms with Gasteiger partial charge < -0.3 is 9.84 Å². The standard InChI is InChI=1S/C15H14BrClO2/c1-19-12-5-2-10(3-6-12)8-15(18)13-7-4-11(17)9-14(13)16/h2-7,9,15,18H,8H2,1H3. The predicted octanol–water partition coefficient (Wildman–Crippen LogP) is 4.39. The minimum Gasteiger partial charge on any atom is -0.497 e. The molecule has 0 bridgehead atoms. The predicted molar refractivity (Wildman–Crippen MR) is 80.8 cm³/mol. The van der Waals surface area contributed by atoms with E-state index >= 15 is 0 Å². The van der Waals surface area contributed by atoms with Crippen molar-refractivity contribution in [2.24, 2.45) is 0 Å². The number of hydrogen-bond donors (Lipinski definition) is 1. The number of aliphatic hydroxyl groups is 1. The second-order valence-corrected chi connectivity index (χ2v) is 5.52. The number of methoxy groups -OCH3 is 1. The van der Waals surface area contributed by atoms with Gasteiger partial charge in [0.15, 0.2) is 0 Å². The number of aliphatic hydroxyl groups excluding tert-OH is 1. The third-order valence-corrected chi connectivity index (χ3v) is 3.83. The molecule has 2 rings (SSSR count). The van der Waals surface area contributed by atoms with Crippen LogP contribution in [-0.4, -0.2) is 12.2 Å². The highest BCUT2D eigenvalue weighted by atomic mass is 79.9. The molecule has 1 atom stereocenters. The molecule has 2 aromatic carbocycles. The first-order valence-electron chi connectivity index (χ1n) is 5.86. The minimum atomic E-state index is -0.569. The summed E-state index contributed by atoms with van der Waals surface area (Å²) >= 11 is 9.31. The van der Waals surface area contributed by atoms with Crippen molar-refractivity contribution >= 4 is 27.5 Å². The van der Waals surface area contributed by atoms with Crippen LogP contribution in [0.1, 0.15) is 17.2 Å². The zero-order valence-electron chi connectivity index (χ0n) is 10.4. The first-order valence-corrected chi connectivity index (χ1v) is 7.03. The Labute approximate surface area is 126 Å². The normalized spacial score (nSPS) is 12.2. The van der Waals surface area contributed by atoms with Crippen LogP contribution in [0.4, 0.5) is 0 Å². The second-order valence-electron chi connectivity index (χ2n) is 4.23. The molecule has 0 heterocycles. The average Bonchev–Trinajstić information content (AvgIpc) is 2.39. The van der Waals surface area contributed by atoms with Gasteiger partial charge in [-0.05, 0) is 35.4 Å². The third kappa shape index (κ3) is 3.72. The molecule has 0 aliphatic rings. The van der Waals surface area contributed by atoms with Gasteiger partial charge in [-0.15, -0.1) is 0 Å². The minimum absolute atomic E-state index is 0.546. The van der Waals surface area contributed by atoms with Crippen LogP contribution in [0.5, 0.6) is 5.75 Å². The molecule has 4 heteroatoms. The van der Waals surface area contributed by atoms with E-state index in [0.717, 1.165) is 21.3 Å². The van der Waals surface area contributed by atoms with Crippen molar-refractivity contribution in [3.63, 3.8) is 0 Å². The summed E-state index contributed by atoms with van der Waals surface area (Å²) in [5.74, 6) is 0.811. The maximum atomic E-state index is 10.3. The van der Waals surface area contributed by atoms with Crippen LogP contribution < -0.4 is 4.74 Å². The summed E-state index contributed by atoms with van der Waals surface area (Å²) < 4.78 is 5.93. The smallest absolute Gasteiger partial charge is 0.118 e. The van der Waals surface area contributed by atoms with Crippen LogP contribution in [0, 0.1) is 0 Å². The van der Waals surface area contributed by atoms with Gasteiger partial charge in [0.1, 0.15) is 5.75 Å². The number of benzene rings is 2. The molecule has 0 spiro atoms. The lowest BCUT2D eigenvalue weighted by Gasteiger charge is -2.13. The average molecular weight is 342 g/mol. The van der Waals surface area contributed by atoms with E-state index < -0.39 is 6.10 Å². The first-order chi connectivity index (χ1) is 9.10. The Morgan fingerprint density at radius 1 is 1.21 bits per heavy atom. The molecular formula is C15H14BrClO2. The molecule has 0 aromatic heterocycles. The molecule has 0 saturated carbocycles. The van der Waals surface area contributed by atoms with Crippen molar-refractivity contribution in [3.05, 3.63) is 63.1 Å². The van der Waals surface area contributed by atoms with Crippen molar-refractivity contribution in [1.29, 1.82) is 0 Å². The van der Waals surface area contributed by atoms with E-state index in [2.05, 4.69) is 15.9 Å². The van der Waals surface area contributed by atoms with Crippen LogP contribution >= 0.6 is 27.5 Å². The second kappa shape index (κ2) is 6.42. The van der Waals surface area contributed by atoms with E-state index in [1.165, 1.54) is 0 Å². The van der Waals surface area contributed by atoms with Gasteiger partial charge >= 0.3 is 0 Å². The van der Waals surface area contributed by atoms with Crippen LogP contribution in [0.25, 0.3) is 0 Å². The Morgan fingerprint density at radius 3 is 2.47 bits per heavy atom. The molecule has 0 amide bonds. The number of rotatable bonds is 4. The molecule has 1 unspecified atom stereocenters. The summed E-state index contributed by atoms with van der Waals surface area (Å²) in [6.45, 7) is 0. The van der Waals surface area contributed by atoms with Crippen molar-refractivity contribution in [2.45, 2.75) is 12.5 Å². The van der Waals surface area contributed by atoms with Crippen molar-refractivity contribution in [3.8, 4) is 5.75 Å². The van der Waals surface area contributed by atoms with Gasteiger partial charge in [-0.2, -0.15) is 0 Å². The van der Waals surface area contributed by atoms with Crippen molar-refractivity contribution in [2.75, 3.05) is 7.11 Å². The Bertz CT molecular complexity index is 555. The van der Waals surface area contributed by atoms with Crippen molar-refractivity contribution in [1.82, 2.24) is 0 Å². The Kier molecular flexibility index (Phi) is 4.86. The van der Waals surface area contributed by atoms with Gasteiger partial charge in [0.2, 0.25) is 0 Å². The monoisotopic (exact) mass is 340 g/mol. The Hall–Kier alpha value is -1.03. The zero-order chi connectivity index (χ0) is 13.8. The molecule has 19 heavy (non-hydrogen) atoms. The van der Waals surface area contributed by atoms with Gasteiger partial charge in [-0.25, -0.2) is 0 Å². The topological polar surface area (TPSA) is 29.5 Å². The number of halogens is 2. The highest BCUT2D eigenvalue weighted by molar-refractivity contribution is 9.10. The largest absolute Gasteiger partial charge is 0.497 e. The maximum absolute atomic E-state index is 10.3. The van der Waals surface area contributed by atoms with Gasteiger partial charge in [0.25, 0.3) is 0 Å². The molecule has 2 nitrogen and oxygen atoms in total. The molecule has 0 radical (unpaired) electrons. The summed E-state index contributed by atoms with van der Waals surface area (Å²) in [7, 11) is 1.63. The van der Waals surface area contributed by atoms with Gasteiger partial charge in [-0.3, -0.25) is 0 Å². The SMILES string of the molecule is COc1ccc(CC(O)c2ccc(Cl)cc2Br)cc1. The third-order valence-electron chi connectivity index (χ3n) is 2.91. The molecule has 0 aliphatic heterocycles. The molecule has 0 fully saturated rings. The highest BCUT2D eigenvalue weighted by Crippen LogP contribution is 2.29. The Balaban J connectivity index is 2.13. The van der Waals surface area contributed by atoms with Crippen LogP contribution in [0.3, 0.4) is 0 Å². The van der Waals surface area contributed by atoms with E-state index in [1.807, 2.05) is 30.3 Å². The first kappa shape index (κ1) is 14.4. The highest BCUT2D eigenvalue weighted by Gasteiger charge is 2.12. The fraction of sp³-hybridized carbons (Fsp3) is 0.200. The maximum Gasteiger partial charge on any atom is 0.118 e. The molecule has 2 aromatic rings. The van der Waals surface area contributed by atoms with E-state index in [9.17, 15) is 5.11 Å². The molecule has 0 aliphatic carbocycles. The zero-order valence-corrected chi connectivity index (χ0v) is 12.8. The van der Waals surface area contributed by atoms with Gasteiger partial charge in [0, 0.05) is 15.9 Å². The van der Waals surface area contributed by atoms with Crippen LogP contribution in [0.15, 0.2) is 46.9 Å². The molecular weight excluding hydrogens is 328 g/mol. The quantitative estimate of drug-likeness (QED) is 0.894. The molecule has 100 valence electrons. The molecule has 0 saturated heterocycles. The van der Waals surface area contributed by atoms with Crippen LogP contribution in [-0.2, 0) is 6.42 Å². The van der Waals surface area contributed by atoms with E-state index in [4.69, 9.17) is 16.3 Å². The van der Waals surface area contributed by atoms with E-state index in [1.54, 1.807) is 19.2 Å². The summed E-state index contributed by atoms with van der Waals surface area (Å²) in [5, 5.41) is 10.9. The summed E-state index contributed by atoms with van der Waals surface area (Å²) in [6, 6.07) is 13.1. The van der Waals surface area contributed by atoms with Gasteiger partial charge in [-0.1, -0.05) is 45.7 Å². The summed E-state index contributed by atoms with van der Waals surface area (Å²) in [5.41, 5.74) is 1.88. The lowest BCUT2D eigenvalue weighted by molar-refractivity contribution is 0.177. The van der Waals surface area contributed by atoms with Crippen LogP contribution in [0.2, 0.25) is 5.02 Å². The number of ether oxygens (including phenoxy) is 1. The van der Waals surface area contributed by atoms with E-state index in [0.29, 0.717) is 11.4 Å². The molecule has 1 N–H and O–H groups in total. The fourth-order valence-corrected chi connectivity index (χ4v) is 2.81. The fourth-order valence-electron chi connectivity index (χ4n) is 1.87.